The van der Waals surface area contributed by atoms with Crippen LogP contribution in [0.2, 0.25) is 0 Å². The van der Waals surface area contributed by atoms with Crippen molar-refractivity contribution in [2.75, 3.05) is 0 Å². The van der Waals surface area contributed by atoms with Gasteiger partial charge < -0.3 is 5.11 Å². The van der Waals surface area contributed by atoms with Crippen LogP contribution < -0.4 is 0 Å². The molecule has 0 saturated carbocycles. The van der Waals surface area contributed by atoms with Crippen LogP contribution >= 0.6 is 24.0 Å². The maximum absolute atomic E-state index is 9.00. The van der Waals surface area contributed by atoms with Gasteiger partial charge in [0.25, 0.3) is 5.97 Å². The van der Waals surface area contributed by atoms with Gasteiger partial charge in [0.2, 0.25) is 0 Å². The van der Waals surface area contributed by atoms with Gasteiger partial charge in [-0.15, -0.1) is 12.4 Å². The third kappa shape index (κ3) is 112. The number of rotatable bonds is 1. The summed E-state index contributed by atoms with van der Waals surface area (Å²) in [5.41, 5.74) is 1.53. The molecular formula is C6H12Cl2O2. The molecule has 0 spiro atoms. The molecule has 0 radical (unpaired) electrons. The first-order chi connectivity index (χ1) is 4.15. The summed E-state index contributed by atoms with van der Waals surface area (Å²) in [7, 11) is 0. The van der Waals surface area contributed by atoms with Gasteiger partial charge in [-0.2, -0.15) is 0 Å². The Balaban J connectivity index is -0.0000000910. The quantitative estimate of drug-likeness (QED) is 0.685. The number of hydrogen-bond acceptors (Lipinski definition) is 1. The van der Waals surface area contributed by atoms with E-state index in [1.54, 1.807) is 0 Å². The molecule has 0 aromatic rings. The molecule has 4 heteroatoms. The van der Waals surface area contributed by atoms with Gasteiger partial charge in [-0.3, -0.25) is 4.79 Å². The second-order valence-electron chi connectivity index (χ2n) is 1.29. The zero-order valence-corrected chi connectivity index (χ0v) is 7.58. The van der Waals surface area contributed by atoms with Crippen molar-refractivity contribution < 1.29 is 9.90 Å². The second-order valence-corrected chi connectivity index (χ2v) is 1.54. The molecule has 0 bridgehead atoms. The van der Waals surface area contributed by atoms with Crippen LogP contribution in [0, 0.1) is 0 Å². The number of carbonyl (C=O) groups is 1. The topological polar surface area (TPSA) is 37.3 Å². The third-order valence-corrected chi connectivity index (χ3v) is 0.503. The Morgan fingerprint density at radius 1 is 1.70 bits per heavy atom. The number of carboxylic acids is 1. The predicted molar refractivity (Wildman–Crippen MR) is 45.8 cm³/mol. The summed E-state index contributed by atoms with van der Waals surface area (Å²) in [6.45, 7) is 3.12. The number of aliphatic carboxylic acids is 1. The minimum atomic E-state index is -0.833. The van der Waals surface area contributed by atoms with Crippen molar-refractivity contribution in [2.24, 2.45) is 0 Å². The zero-order chi connectivity index (χ0) is 7.70. The predicted octanol–water partition coefficient (Wildman–Crippen LogP) is 2.66. The average molecular weight is 187 g/mol. The van der Waals surface area contributed by atoms with Gasteiger partial charge in [0.1, 0.15) is 0 Å². The monoisotopic (exact) mass is 186 g/mol. The van der Waals surface area contributed by atoms with Crippen LogP contribution in [-0.2, 0) is 4.79 Å². The van der Waals surface area contributed by atoms with E-state index in [9.17, 15) is 0 Å². The highest BCUT2D eigenvalue weighted by atomic mass is 35.5. The van der Waals surface area contributed by atoms with Crippen LogP contribution in [0.25, 0.3) is 0 Å². The van der Waals surface area contributed by atoms with Crippen LogP contribution in [0.15, 0.2) is 11.6 Å². The molecule has 0 aromatic heterocycles. The van der Waals surface area contributed by atoms with E-state index in [1.165, 1.54) is 5.54 Å². The summed E-state index contributed by atoms with van der Waals surface area (Å²) in [6, 6.07) is 0. The Bertz CT molecular complexity index is 87.7. The molecule has 0 unspecified atom stereocenters. The highest BCUT2D eigenvalue weighted by Gasteiger charge is 1.65. The van der Waals surface area contributed by atoms with Crippen LogP contribution in [0.1, 0.15) is 20.3 Å². The highest BCUT2D eigenvalue weighted by molar-refractivity contribution is 6.25. The lowest BCUT2D eigenvalue weighted by Gasteiger charge is -1.63. The number of carboxylic acid groups (broad SMARTS) is 1. The molecule has 0 aliphatic carbocycles. The number of hydrogen-bond donors (Lipinski definition) is 1. The van der Waals surface area contributed by atoms with Gasteiger partial charge >= 0.3 is 0 Å². The number of allylic oxidation sites excluding steroid dienone is 1. The molecule has 0 aliphatic heterocycles. The fraction of sp³-hybridized carbons (Fsp3) is 0.500. The first-order valence-electron chi connectivity index (χ1n) is 2.59. The fourth-order valence-corrected chi connectivity index (χ4v) is 0.267. The Labute approximate surface area is 72.3 Å². The van der Waals surface area contributed by atoms with Crippen molar-refractivity contribution in [3.8, 4) is 0 Å². The largest absolute Gasteiger partial charge is 0.481 e. The third-order valence-electron chi connectivity index (χ3n) is 0.325. The fourth-order valence-electron chi connectivity index (χ4n) is 0.0891. The van der Waals surface area contributed by atoms with E-state index in [4.69, 9.17) is 21.5 Å². The van der Waals surface area contributed by atoms with Crippen LogP contribution in [0.3, 0.4) is 0 Å². The standard InChI is InChI=1S/C4H7Cl.C2H4O2.ClH/c1-2-3-4-5;1-2(3)4;/h3-4H,2H2,1H3;1H3,(H,3,4);1H. The lowest BCUT2D eigenvalue weighted by atomic mass is 10.5. The summed E-state index contributed by atoms with van der Waals surface area (Å²) >= 11 is 5.12. The zero-order valence-electron chi connectivity index (χ0n) is 6.00. The highest BCUT2D eigenvalue weighted by Crippen LogP contribution is 1.80. The van der Waals surface area contributed by atoms with Gasteiger partial charge in [0, 0.05) is 12.5 Å². The Kier molecular flexibility index (Phi) is 26.1. The van der Waals surface area contributed by atoms with Crippen molar-refractivity contribution in [3.05, 3.63) is 11.6 Å². The van der Waals surface area contributed by atoms with Crippen molar-refractivity contribution >= 4 is 30.0 Å². The lowest BCUT2D eigenvalue weighted by molar-refractivity contribution is -0.134. The number of halogens is 2. The second kappa shape index (κ2) is 15.9. The Hall–Kier alpha value is -0.210. The molecule has 10 heavy (non-hydrogen) atoms. The van der Waals surface area contributed by atoms with Crippen molar-refractivity contribution in [3.63, 3.8) is 0 Å². The van der Waals surface area contributed by atoms with Crippen molar-refractivity contribution in [1.82, 2.24) is 0 Å². The van der Waals surface area contributed by atoms with Gasteiger partial charge in [-0.05, 0) is 6.42 Å². The maximum Gasteiger partial charge on any atom is 0.300 e. The van der Waals surface area contributed by atoms with E-state index in [2.05, 4.69) is 0 Å². The van der Waals surface area contributed by atoms with E-state index in [1.807, 2.05) is 13.0 Å². The Morgan fingerprint density at radius 3 is 2.00 bits per heavy atom. The molecule has 0 rings (SSSR count). The van der Waals surface area contributed by atoms with Crippen LogP contribution in [0.5, 0.6) is 0 Å². The van der Waals surface area contributed by atoms with E-state index >= 15 is 0 Å². The average Bonchev–Trinajstić information content (AvgIpc) is 1.66. The summed E-state index contributed by atoms with van der Waals surface area (Å²) < 4.78 is 0. The lowest BCUT2D eigenvalue weighted by Crippen LogP contribution is -1.78. The van der Waals surface area contributed by atoms with Gasteiger partial charge in [-0.1, -0.05) is 24.6 Å². The normalized spacial score (nSPS) is 7.50. The molecule has 0 saturated heterocycles. The first-order valence-corrected chi connectivity index (χ1v) is 3.03. The summed E-state index contributed by atoms with van der Waals surface area (Å²) in [4.78, 5) is 9.00. The van der Waals surface area contributed by atoms with Crippen molar-refractivity contribution in [2.45, 2.75) is 20.3 Å². The van der Waals surface area contributed by atoms with Gasteiger partial charge in [-0.25, -0.2) is 0 Å². The van der Waals surface area contributed by atoms with Crippen molar-refractivity contribution in [1.29, 1.82) is 0 Å². The molecule has 2 nitrogen and oxygen atoms in total. The molecule has 62 valence electrons. The van der Waals surface area contributed by atoms with Crippen LogP contribution in [-0.4, -0.2) is 11.1 Å². The minimum absolute atomic E-state index is 0. The molecule has 0 aromatic carbocycles. The summed E-state index contributed by atoms with van der Waals surface area (Å²) in [5, 5.41) is 7.42. The maximum atomic E-state index is 9.00. The Morgan fingerprint density at radius 2 is 2.00 bits per heavy atom. The van der Waals surface area contributed by atoms with Gasteiger partial charge in [0.05, 0.1) is 0 Å². The first kappa shape index (κ1) is 16.4. The molecule has 0 amide bonds. The van der Waals surface area contributed by atoms with E-state index in [-0.39, 0.29) is 12.4 Å². The minimum Gasteiger partial charge on any atom is -0.481 e. The van der Waals surface area contributed by atoms with E-state index < -0.39 is 5.97 Å². The van der Waals surface area contributed by atoms with E-state index in [0.29, 0.717) is 0 Å². The SMILES string of the molecule is CC(=O)O.CCC=CCl.Cl. The molecule has 0 atom stereocenters. The van der Waals surface area contributed by atoms with Gasteiger partial charge in [0.15, 0.2) is 0 Å². The molecule has 0 aliphatic rings. The molecular weight excluding hydrogens is 175 g/mol. The summed E-state index contributed by atoms with van der Waals surface area (Å²) in [5.74, 6) is -0.833. The van der Waals surface area contributed by atoms with E-state index in [0.717, 1.165) is 13.3 Å². The molecule has 0 fully saturated rings. The smallest absolute Gasteiger partial charge is 0.300 e. The summed E-state index contributed by atoms with van der Waals surface area (Å²) in [6.07, 6.45) is 2.92. The molecule has 0 heterocycles. The van der Waals surface area contributed by atoms with Crippen LogP contribution in [0.4, 0.5) is 0 Å². The molecule has 1 N–H and O–H groups in total.